The first-order valence-corrected chi connectivity index (χ1v) is 12.6. The van der Waals surface area contributed by atoms with Crippen molar-refractivity contribution in [3.05, 3.63) is 77.5 Å². The number of halogens is 2. The molecule has 0 radical (unpaired) electrons. The van der Waals surface area contributed by atoms with Crippen molar-refractivity contribution >= 4 is 59.8 Å². The second kappa shape index (κ2) is 8.36. The van der Waals surface area contributed by atoms with Gasteiger partial charge in [0.15, 0.2) is 0 Å². The van der Waals surface area contributed by atoms with E-state index in [0.29, 0.717) is 16.4 Å². The summed E-state index contributed by atoms with van der Waals surface area (Å²) >= 11 is 7.56. The number of benzene rings is 1. The Bertz CT molecular complexity index is 1460. The molecule has 3 heterocycles. The number of amides is 1. The van der Waals surface area contributed by atoms with Crippen molar-refractivity contribution in [1.29, 1.82) is 0 Å². The van der Waals surface area contributed by atoms with Crippen molar-refractivity contribution in [3.8, 4) is 0 Å². The van der Waals surface area contributed by atoms with Gasteiger partial charge in [0.2, 0.25) is 5.91 Å². The number of hydrogen-bond donors (Lipinski definition) is 2. The summed E-state index contributed by atoms with van der Waals surface area (Å²) in [6.45, 7) is 0. The SMILES string of the molecule is O=C(Nc1cc2c(Cl)cncc2s1)[C@@H]1C[C@H]1c1ccc(S(=O)(=O)Nc2ccc(F)cn2)cc1. The van der Waals surface area contributed by atoms with E-state index in [2.05, 4.69) is 20.0 Å². The summed E-state index contributed by atoms with van der Waals surface area (Å²) in [5.74, 6) is -0.784. The molecule has 2 N–H and O–H groups in total. The first-order chi connectivity index (χ1) is 15.8. The van der Waals surface area contributed by atoms with Crippen LogP contribution in [-0.2, 0) is 14.8 Å². The molecule has 0 unspecified atom stereocenters. The lowest BCUT2D eigenvalue weighted by atomic mass is 10.1. The van der Waals surface area contributed by atoms with Crippen LogP contribution in [0, 0.1) is 11.7 Å². The van der Waals surface area contributed by atoms with Gasteiger partial charge in [-0.3, -0.25) is 14.5 Å². The van der Waals surface area contributed by atoms with E-state index in [9.17, 15) is 17.6 Å². The third-order valence-electron chi connectivity index (χ3n) is 5.36. The van der Waals surface area contributed by atoms with E-state index < -0.39 is 15.8 Å². The Morgan fingerprint density at radius 2 is 1.91 bits per heavy atom. The molecular formula is C22H16ClFN4O3S2. The number of carbonyl (C=O) groups excluding carboxylic acids is 1. The number of fused-ring (bicyclic) bond motifs is 1. The number of nitrogens with one attached hydrogen (secondary N) is 2. The molecule has 0 saturated heterocycles. The van der Waals surface area contributed by atoms with Crippen LogP contribution in [0.4, 0.5) is 15.2 Å². The largest absolute Gasteiger partial charge is 0.317 e. The fourth-order valence-electron chi connectivity index (χ4n) is 3.58. The molecule has 1 fully saturated rings. The van der Waals surface area contributed by atoms with Crippen LogP contribution >= 0.6 is 22.9 Å². The molecule has 11 heteroatoms. The normalized spacial score (nSPS) is 17.6. The molecule has 1 aliphatic rings. The minimum atomic E-state index is -3.86. The number of pyridine rings is 2. The first kappa shape index (κ1) is 21.7. The van der Waals surface area contributed by atoms with Gasteiger partial charge in [-0.05, 0) is 48.2 Å². The molecular weight excluding hydrogens is 487 g/mol. The van der Waals surface area contributed by atoms with Crippen LogP contribution in [-0.4, -0.2) is 24.3 Å². The van der Waals surface area contributed by atoms with Crippen LogP contribution in [0.25, 0.3) is 10.1 Å². The van der Waals surface area contributed by atoms with Crippen LogP contribution in [0.1, 0.15) is 17.9 Å². The lowest BCUT2D eigenvalue weighted by molar-refractivity contribution is -0.117. The summed E-state index contributed by atoms with van der Waals surface area (Å²) in [4.78, 5) is 20.5. The second-order valence-electron chi connectivity index (χ2n) is 7.62. The maximum absolute atomic E-state index is 13.0. The number of nitrogens with zero attached hydrogens (tertiary/aromatic N) is 2. The lowest BCUT2D eigenvalue weighted by Crippen LogP contribution is -2.14. The molecule has 33 heavy (non-hydrogen) atoms. The highest BCUT2D eigenvalue weighted by atomic mass is 35.5. The van der Waals surface area contributed by atoms with E-state index in [4.69, 9.17) is 11.6 Å². The molecule has 0 aliphatic heterocycles. The molecule has 5 rings (SSSR count). The third-order valence-corrected chi connectivity index (χ3v) is 8.01. The predicted molar refractivity (Wildman–Crippen MR) is 126 cm³/mol. The minimum absolute atomic E-state index is 0.0214. The number of thiophene rings is 1. The van der Waals surface area contributed by atoms with Crippen LogP contribution in [0.5, 0.6) is 0 Å². The fraction of sp³-hybridized carbons (Fsp3) is 0.136. The number of carbonyl (C=O) groups is 1. The van der Waals surface area contributed by atoms with Crippen LogP contribution in [0.3, 0.4) is 0 Å². The van der Waals surface area contributed by atoms with E-state index >= 15 is 0 Å². The number of aromatic nitrogens is 2. The van der Waals surface area contributed by atoms with Gasteiger partial charge in [-0.2, -0.15) is 0 Å². The molecule has 0 bridgehead atoms. The lowest BCUT2D eigenvalue weighted by Gasteiger charge is -2.08. The average Bonchev–Trinajstić information content (AvgIpc) is 3.49. The molecule has 4 aromatic rings. The number of anilines is 2. The van der Waals surface area contributed by atoms with E-state index in [0.717, 1.165) is 27.9 Å². The Morgan fingerprint density at radius 3 is 2.61 bits per heavy atom. The zero-order chi connectivity index (χ0) is 23.2. The number of hydrogen-bond acceptors (Lipinski definition) is 6. The monoisotopic (exact) mass is 502 g/mol. The molecule has 1 amide bonds. The Labute approximate surface area is 197 Å². The van der Waals surface area contributed by atoms with E-state index in [1.54, 1.807) is 24.5 Å². The Kier molecular flexibility index (Phi) is 5.51. The topological polar surface area (TPSA) is 101 Å². The molecule has 2 atom stereocenters. The highest BCUT2D eigenvalue weighted by Gasteiger charge is 2.44. The molecule has 3 aromatic heterocycles. The fourth-order valence-corrected chi connectivity index (χ4v) is 5.82. The van der Waals surface area contributed by atoms with Crippen molar-refractivity contribution in [2.75, 3.05) is 10.0 Å². The third kappa shape index (κ3) is 4.54. The zero-order valence-corrected chi connectivity index (χ0v) is 19.2. The second-order valence-corrected chi connectivity index (χ2v) is 10.8. The summed E-state index contributed by atoms with van der Waals surface area (Å²) in [7, 11) is -3.86. The molecule has 1 aliphatic carbocycles. The van der Waals surface area contributed by atoms with E-state index in [1.165, 1.54) is 29.5 Å². The highest BCUT2D eigenvalue weighted by molar-refractivity contribution is 7.92. The van der Waals surface area contributed by atoms with Crippen molar-refractivity contribution in [2.24, 2.45) is 5.92 Å². The maximum Gasteiger partial charge on any atom is 0.263 e. The van der Waals surface area contributed by atoms with Crippen molar-refractivity contribution in [3.63, 3.8) is 0 Å². The van der Waals surface area contributed by atoms with Crippen molar-refractivity contribution < 1.29 is 17.6 Å². The maximum atomic E-state index is 13.0. The summed E-state index contributed by atoms with van der Waals surface area (Å²) in [6.07, 6.45) is 4.89. The minimum Gasteiger partial charge on any atom is -0.317 e. The van der Waals surface area contributed by atoms with Crippen molar-refractivity contribution in [2.45, 2.75) is 17.2 Å². The average molecular weight is 503 g/mol. The predicted octanol–water partition coefficient (Wildman–Crippen LogP) is 5.03. The standard InChI is InChI=1S/C22H16ClFN4O3S2/c23-18-10-25-11-19-17(18)8-21(32-19)27-22(29)16-7-15(16)12-1-4-14(5-2-12)33(30,31)28-20-6-3-13(24)9-26-20/h1-6,8-11,15-16H,7H2,(H,26,28)(H,27,29)/t15-,16+/m0/s1. The van der Waals surface area contributed by atoms with Gasteiger partial charge >= 0.3 is 0 Å². The van der Waals surface area contributed by atoms with Gasteiger partial charge in [0, 0.05) is 23.7 Å². The Morgan fingerprint density at radius 1 is 1.12 bits per heavy atom. The summed E-state index contributed by atoms with van der Waals surface area (Å²) in [6, 6.07) is 10.6. The highest BCUT2D eigenvalue weighted by Crippen LogP contribution is 2.48. The number of rotatable bonds is 6. The van der Waals surface area contributed by atoms with E-state index in [1.807, 2.05) is 6.07 Å². The Balaban J connectivity index is 1.24. The molecule has 7 nitrogen and oxygen atoms in total. The van der Waals surface area contributed by atoms with Crippen molar-refractivity contribution in [1.82, 2.24) is 9.97 Å². The van der Waals surface area contributed by atoms with Crippen LogP contribution < -0.4 is 10.0 Å². The molecule has 1 aromatic carbocycles. The van der Waals surface area contributed by atoms with Gasteiger partial charge in [0.1, 0.15) is 11.6 Å². The molecule has 168 valence electrons. The van der Waals surface area contributed by atoms with Gasteiger partial charge in [-0.25, -0.2) is 17.8 Å². The summed E-state index contributed by atoms with van der Waals surface area (Å²) in [5.41, 5.74) is 0.887. The molecule has 0 spiro atoms. The summed E-state index contributed by atoms with van der Waals surface area (Å²) in [5, 5.41) is 5.03. The zero-order valence-electron chi connectivity index (χ0n) is 16.8. The van der Waals surface area contributed by atoms with Gasteiger partial charge in [-0.1, -0.05) is 23.7 Å². The van der Waals surface area contributed by atoms with Gasteiger partial charge in [0.25, 0.3) is 10.0 Å². The first-order valence-electron chi connectivity index (χ1n) is 9.88. The smallest absolute Gasteiger partial charge is 0.263 e. The van der Waals surface area contributed by atoms with Crippen LogP contribution in [0.2, 0.25) is 5.02 Å². The quantitative estimate of drug-likeness (QED) is 0.385. The molecule has 1 saturated carbocycles. The Hall–Kier alpha value is -3.08. The van der Waals surface area contributed by atoms with Gasteiger partial charge in [-0.15, -0.1) is 11.3 Å². The number of sulfonamides is 1. The van der Waals surface area contributed by atoms with Gasteiger partial charge in [0.05, 0.1) is 25.8 Å². The van der Waals surface area contributed by atoms with Gasteiger partial charge < -0.3 is 5.32 Å². The van der Waals surface area contributed by atoms with Crippen LogP contribution in [0.15, 0.2) is 66.0 Å². The summed E-state index contributed by atoms with van der Waals surface area (Å²) < 4.78 is 41.2. The van der Waals surface area contributed by atoms with E-state index in [-0.39, 0.29) is 28.5 Å².